The minimum atomic E-state index is -2.74. The highest BCUT2D eigenvalue weighted by molar-refractivity contribution is 5.92. The highest BCUT2D eigenvalue weighted by Crippen LogP contribution is 2.44. The molecule has 2 saturated carbocycles. The maximum absolute atomic E-state index is 14.1. The summed E-state index contributed by atoms with van der Waals surface area (Å²) in [6.07, 6.45) is 3.55. The summed E-state index contributed by atoms with van der Waals surface area (Å²) in [6.45, 7) is 5.58. The fourth-order valence-corrected chi connectivity index (χ4v) is 6.21. The van der Waals surface area contributed by atoms with Crippen molar-refractivity contribution in [2.75, 3.05) is 7.11 Å². The van der Waals surface area contributed by atoms with Gasteiger partial charge < -0.3 is 15.4 Å². The Labute approximate surface area is 252 Å². The Morgan fingerprint density at radius 3 is 2.41 bits per heavy atom. The fraction of sp³-hybridized carbons (Fsp3) is 0.633. The van der Waals surface area contributed by atoms with Crippen LogP contribution >= 0.6 is 0 Å². The minimum absolute atomic E-state index is 0.0107. The number of halogens is 4. The van der Waals surface area contributed by atoms with Gasteiger partial charge in [0.25, 0.3) is 5.91 Å². The lowest BCUT2D eigenvalue weighted by Crippen LogP contribution is -2.41. The number of methoxy groups -OCH3 is 1. The number of aromatic nitrogens is 5. The largest absolute Gasteiger partial charge is 0.379 e. The van der Waals surface area contributed by atoms with E-state index in [0.717, 1.165) is 0 Å². The molecule has 2 N–H and O–H groups in total. The van der Waals surface area contributed by atoms with Gasteiger partial charge in [-0.15, -0.1) is 0 Å². The molecule has 3 aromatic rings. The van der Waals surface area contributed by atoms with Crippen molar-refractivity contribution in [1.82, 2.24) is 35.0 Å². The van der Waals surface area contributed by atoms with Crippen LogP contribution in [0.5, 0.6) is 0 Å². The monoisotopic (exact) mass is 621 g/mol. The van der Waals surface area contributed by atoms with Crippen molar-refractivity contribution in [2.45, 2.75) is 102 Å². The van der Waals surface area contributed by atoms with Gasteiger partial charge in [0.15, 0.2) is 5.65 Å². The van der Waals surface area contributed by atoms with E-state index in [1.807, 2.05) is 13.8 Å². The lowest BCUT2D eigenvalue weighted by molar-refractivity contribution is -0.135. The number of nitrogens with zero attached hydrogens (tertiary/aromatic N) is 5. The zero-order valence-corrected chi connectivity index (χ0v) is 25.3. The summed E-state index contributed by atoms with van der Waals surface area (Å²) < 4.78 is 63.3. The molecule has 5 rings (SSSR count). The van der Waals surface area contributed by atoms with Crippen LogP contribution in [0.2, 0.25) is 0 Å². The van der Waals surface area contributed by atoms with Crippen molar-refractivity contribution in [1.29, 1.82) is 0 Å². The van der Waals surface area contributed by atoms with Crippen LogP contribution in [0.15, 0.2) is 30.7 Å². The summed E-state index contributed by atoms with van der Waals surface area (Å²) in [7, 11) is 1.50. The molecule has 3 heterocycles. The smallest absolute Gasteiger partial charge is 0.270 e. The molecule has 44 heavy (non-hydrogen) atoms. The van der Waals surface area contributed by atoms with Gasteiger partial charge in [-0.25, -0.2) is 27.1 Å². The summed E-state index contributed by atoms with van der Waals surface area (Å²) in [5.41, 5.74) is 1.84. The van der Waals surface area contributed by atoms with Gasteiger partial charge in [0.1, 0.15) is 5.69 Å². The van der Waals surface area contributed by atoms with Crippen LogP contribution in [0.25, 0.3) is 5.65 Å². The van der Waals surface area contributed by atoms with E-state index < -0.39 is 30.0 Å². The van der Waals surface area contributed by atoms with E-state index in [1.165, 1.54) is 11.6 Å². The molecule has 0 spiro atoms. The summed E-state index contributed by atoms with van der Waals surface area (Å²) >= 11 is 0. The molecular weight excluding hydrogens is 582 g/mol. The Hall–Kier alpha value is -3.55. The van der Waals surface area contributed by atoms with Gasteiger partial charge in [0, 0.05) is 57.0 Å². The molecule has 3 atom stereocenters. The second-order valence-corrected chi connectivity index (χ2v) is 12.5. The van der Waals surface area contributed by atoms with Crippen LogP contribution in [0.3, 0.4) is 0 Å². The minimum Gasteiger partial charge on any atom is -0.379 e. The van der Waals surface area contributed by atoms with Crippen molar-refractivity contribution in [3.8, 4) is 0 Å². The van der Waals surface area contributed by atoms with Crippen molar-refractivity contribution in [3.05, 3.63) is 47.7 Å². The SMILES string of the molecule is CO[C@@H](C)[C@@H](NC(=O)CC1CC(F)(F)C1)c1cnn2cc([C@@H](NC(=O)c3ccnn3C(C)C)C3CCC(F)(F)CC3)nc2c1. The van der Waals surface area contributed by atoms with Gasteiger partial charge in [0.2, 0.25) is 17.8 Å². The third kappa shape index (κ3) is 7.05. The van der Waals surface area contributed by atoms with Crippen LogP contribution in [-0.4, -0.2) is 61.3 Å². The number of ether oxygens (including phenoxy) is 1. The number of imidazole rings is 1. The fourth-order valence-electron chi connectivity index (χ4n) is 6.21. The van der Waals surface area contributed by atoms with E-state index in [4.69, 9.17) is 9.72 Å². The van der Waals surface area contributed by atoms with Crippen molar-refractivity contribution in [3.63, 3.8) is 0 Å². The molecule has 0 aliphatic heterocycles. The first kappa shape index (κ1) is 31.9. The molecule has 0 saturated heterocycles. The maximum atomic E-state index is 14.1. The number of fused-ring (bicyclic) bond motifs is 1. The maximum Gasteiger partial charge on any atom is 0.270 e. The number of carbonyl (C=O) groups excluding carboxylic acids is 2. The van der Waals surface area contributed by atoms with Crippen LogP contribution in [0, 0.1) is 11.8 Å². The highest BCUT2D eigenvalue weighted by atomic mass is 19.3. The third-order valence-electron chi connectivity index (χ3n) is 8.76. The normalized spacial score (nSPS) is 20.7. The lowest BCUT2D eigenvalue weighted by Gasteiger charge is -2.35. The molecule has 2 aliphatic carbocycles. The van der Waals surface area contributed by atoms with E-state index in [0.29, 0.717) is 22.6 Å². The van der Waals surface area contributed by atoms with E-state index in [2.05, 4.69) is 20.8 Å². The van der Waals surface area contributed by atoms with Gasteiger partial charge >= 0.3 is 0 Å². The summed E-state index contributed by atoms with van der Waals surface area (Å²) in [6, 6.07) is 2.00. The molecule has 14 heteroatoms. The van der Waals surface area contributed by atoms with E-state index in [-0.39, 0.29) is 74.6 Å². The van der Waals surface area contributed by atoms with Gasteiger partial charge in [0.05, 0.1) is 36.3 Å². The van der Waals surface area contributed by atoms with Gasteiger partial charge in [-0.2, -0.15) is 10.2 Å². The lowest BCUT2D eigenvalue weighted by atomic mass is 9.79. The molecule has 0 radical (unpaired) electrons. The predicted molar refractivity (Wildman–Crippen MR) is 152 cm³/mol. The zero-order valence-electron chi connectivity index (χ0n) is 25.3. The van der Waals surface area contributed by atoms with Crippen molar-refractivity contribution in [2.24, 2.45) is 11.8 Å². The number of amides is 2. The molecule has 0 bridgehead atoms. The van der Waals surface area contributed by atoms with Gasteiger partial charge in [-0.3, -0.25) is 14.3 Å². The molecule has 3 aromatic heterocycles. The molecule has 2 amide bonds. The zero-order chi connectivity index (χ0) is 31.8. The molecule has 2 fully saturated rings. The van der Waals surface area contributed by atoms with Crippen LogP contribution < -0.4 is 10.6 Å². The van der Waals surface area contributed by atoms with Crippen molar-refractivity contribution < 1.29 is 31.9 Å². The number of carbonyl (C=O) groups is 2. The summed E-state index contributed by atoms with van der Waals surface area (Å²) in [5, 5.41) is 14.6. The summed E-state index contributed by atoms with van der Waals surface area (Å²) in [4.78, 5) is 30.9. The third-order valence-corrected chi connectivity index (χ3v) is 8.76. The van der Waals surface area contributed by atoms with Crippen LogP contribution in [0.4, 0.5) is 17.6 Å². The molecule has 240 valence electrons. The Balaban J connectivity index is 1.40. The number of hydrogen-bond acceptors (Lipinski definition) is 6. The first-order valence-corrected chi connectivity index (χ1v) is 15.0. The van der Waals surface area contributed by atoms with Gasteiger partial charge in [-0.1, -0.05) is 0 Å². The molecular formula is C30H39F4N7O3. The predicted octanol–water partition coefficient (Wildman–Crippen LogP) is 5.43. The Kier molecular flexibility index (Phi) is 9.01. The first-order valence-electron chi connectivity index (χ1n) is 15.0. The first-order chi connectivity index (χ1) is 20.7. The average Bonchev–Trinajstić information content (AvgIpc) is 3.61. The van der Waals surface area contributed by atoms with Crippen LogP contribution in [-0.2, 0) is 9.53 Å². The Morgan fingerprint density at radius 1 is 1.07 bits per heavy atom. The number of nitrogens with one attached hydrogen (secondary N) is 2. The Morgan fingerprint density at radius 2 is 1.77 bits per heavy atom. The molecule has 0 unspecified atom stereocenters. The molecule has 10 nitrogen and oxygen atoms in total. The standard InChI is InChI=1S/C30H39F4N7O3/c1-17(2)41-23(7-10-35-41)28(43)39-27(20-5-8-29(31,32)9-6-20)22-16-40-24(37-22)12-21(15-36-40)26(18(3)44-4)38-25(42)11-19-13-30(33,34)14-19/h7,10,12,15-20,26-27H,5-6,8-9,11,13-14H2,1-4H3,(H,38,42)(H,39,43)/t18-,26+,27-/m0/s1. The van der Waals surface area contributed by atoms with E-state index >= 15 is 0 Å². The quantitative estimate of drug-likeness (QED) is 0.276. The second-order valence-electron chi connectivity index (χ2n) is 12.5. The molecule has 2 aliphatic rings. The van der Waals surface area contributed by atoms with Crippen molar-refractivity contribution >= 4 is 17.5 Å². The van der Waals surface area contributed by atoms with Crippen LogP contribution in [0.1, 0.15) is 106 Å². The van der Waals surface area contributed by atoms with E-state index in [1.54, 1.807) is 42.3 Å². The highest BCUT2D eigenvalue weighted by Gasteiger charge is 2.46. The number of rotatable bonds is 11. The molecule has 0 aromatic carbocycles. The second kappa shape index (κ2) is 12.4. The number of hydrogen-bond donors (Lipinski definition) is 2. The van der Waals surface area contributed by atoms with Gasteiger partial charge in [-0.05, 0) is 57.6 Å². The average molecular weight is 622 g/mol. The van der Waals surface area contributed by atoms with E-state index in [9.17, 15) is 27.2 Å². The number of alkyl halides is 4. The summed E-state index contributed by atoms with van der Waals surface area (Å²) in [5.74, 6) is -6.84. The topological polar surface area (TPSA) is 115 Å². The Bertz CT molecular complexity index is 1470.